The Morgan fingerprint density at radius 1 is 1.17 bits per heavy atom. The molecule has 0 unspecified atom stereocenters. The first-order valence-electron chi connectivity index (χ1n) is 7.68. The SMILES string of the molecule is O=C([O-])c1cc(-c2cccc(Cl)c2)ncn1.[NH3+]C1CCCCC1. The summed E-state index contributed by atoms with van der Waals surface area (Å²) in [5, 5.41) is 11.2. The summed E-state index contributed by atoms with van der Waals surface area (Å²) in [5.41, 5.74) is 5.08. The van der Waals surface area contributed by atoms with Gasteiger partial charge in [-0.15, -0.1) is 0 Å². The minimum atomic E-state index is -1.33. The highest BCUT2D eigenvalue weighted by Crippen LogP contribution is 2.20. The van der Waals surface area contributed by atoms with Crippen LogP contribution in [0, 0.1) is 0 Å². The Hall–Kier alpha value is -1.98. The molecule has 1 heterocycles. The van der Waals surface area contributed by atoms with E-state index < -0.39 is 5.97 Å². The molecule has 1 aromatic heterocycles. The molecule has 1 aliphatic carbocycles. The van der Waals surface area contributed by atoms with Gasteiger partial charge in [0.1, 0.15) is 6.33 Å². The maximum absolute atomic E-state index is 10.6. The molecule has 3 rings (SSSR count). The monoisotopic (exact) mass is 333 g/mol. The first-order valence-corrected chi connectivity index (χ1v) is 8.06. The fourth-order valence-corrected chi connectivity index (χ4v) is 2.65. The zero-order chi connectivity index (χ0) is 16.7. The minimum Gasteiger partial charge on any atom is -0.543 e. The van der Waals surface area contributed by atoms with Gasteiger partial charge in [0.05, 0.1) is 23.4 Å². The number of hydrogen-bond donors (Lipinski definition) is 1. The average Bonchev–Trinajstić information content (AvgIpc) is 2.56. The van der Waals surface area contributed by atoms with Gasteiger partial charge in [0.2, 0.25) is 0 Å². The van der Waals surface area contributed by atoms with Crippen LogP contribution in [-0.2, 0) is 0 Å². The lowest BCUT2D eigenvalue weighted by molar-refractivity contribution is -0.425. The van der Waals surface area contributed by atoms with E-state index in [2.05, 4.69) is 15.7 Å². The number of carboxylic acids is 1. The lowest BCUT2D eigenvalue weighted by Gasteiger charge is -2.12. The van der Waals surface area contributed by atoms with Crippen molar-refractivity contribution >= 4 is 17.6 Å². The number of hydrogen-bond acceptors (Lipinski definition) is 4. The Labute approximate surface area is 140 Å². The van der Waals surface area contributed by atoms with Gasteiger partial charge in [-0.1, -0.05) is 30.2 Å². The quantitative estimate of drug-likeness (QED) is 0.905. The molecule has 3 N–H and O–H groups in total. The molecular formula is C17H20ClN3O2. The van der Waals surface area contributed by atoms with Crippen LogP contribution in [0.4, 0.5) is 0 Å². The number of quaternary nitrogens is 1. The molecule has 0 saturated heterocycles. The van der Waals surface area contributed by atoms with E-state index in [1.165, 1.54) is 44.5 Å². The van der Waals surface area contributed by atoms with Gasteiger partial charge in [-0.3, -0.25) is 0 Å². The molecule has 1 saturated carbocycles. The first-order chi connectivity index (χ1) is 11.1. The summed E-state index contributed by atoms with van der Waals surface area (Å²) in [5.74, 6) is -1.33. The normalized spacial score (nSPS) is 14.7. The van der Waals surface area contributed by atoms with Gasteiger partial charge in [0, 0.05) is 10.6 Å². The highest BCUT2D eigenvalue weighted by atomic mass is 35.5. The fraction of sp³-hybridized carbons (Fsp3) is 0.353. The van der Waals surface area contributed by atoms with Crippen molar-refractivity contribution in [3.63, 3.8) is 0 Å². The zero-order valence-corrected chi connectivity index (χ0v) is 13.6. The van der Waals surface area contributed by atoms with Crippen LogP contribution in [-0.4, -0.2) is 22.0 Å². The summed E-state index contributed by atoms with van der Waals surface area (Å²) in [4.78, 5) is 18.2. The second-order valence-electron chi connectivity index (χ2n) is 5.59. The summed E-state index contributed by atoms with van der Waals surface area (Å²) in [6.45, 7) is 0. The Kier molecular flexibility index (Phi) is 6.50. The van der Waals surface area contributed by atoms with Gasteiger partial charge < -0.3 is 15.6 Å². The molecule has 122 valence electrons. The number of carbonyl (C=O) groups excluding carboxylic acids is 1. The van der Waals surface area contributed by atoms with Crippen LogP contribution in [0.15, 0.2) is 36.7 Å². The van der Waals surface area contributed by atoms with E-state index in [0.29, 0.717) is 10.7 Å². The van der Waals surface area contributed by atoms with E-state index in [4.69, 9.17) is 11.6 Å². The number of benzene rings is 1. The minimum absolute atomic E-state index is 0.148. The van der Waals surface area contributed by atoms with Crippen LogP contribution < -0.4 is 10.8 Å². The maximum atomic E-state index is 10.6. The number of halogens is 1. The van der Waals surface area contributed by atoms with E-state index >= 15 is 0 Å². The Balaban J connectivity index is 0.000000229. The molecule has 6 heteroatoms. The van der Waals surface area contributed by atoms with Gasteiger partial charge in [0.25, 0.3) is 0 Å². The van der Waals surface area contributed by atoms with Crippen LogP contribution >= 0.6 is 11.6 Å². The molecule has 5 nitrogen and oxygen atoms in total. The number of aromatic carboxylic acids is 1. The van der Waals surface area contributed by atoms with Crippen molar-refractivity contribution in [1.82, 2.24) is 9.97 Å². The molecule has 0 atom stereocenters. The molecule has 1 aromatic carbocycles. The number of carbonyl (C=O) groups is 1. The van der Waals surface area contributed by atoms with E-state index in [0.717, 1.165) is 11.6 Å². The second kappa shape index (κ2) is 8.60. The summed E-state index contributed by atoms with van der Waals surface area (Å²) in [7, 11) is 0. The van der Waals surface area contributed by atoms with Gasteiger partial charge in [-0.2, -0.15) is 0 Å². The molecule has 0 aliphatic heterocycles. The predicted molar refractivity (Wildman–Crippen MR) is 86.6 cm³/mol. The van der Waals surface area contributed by atoms with Crippen molar-refractivity contribution < 1.29 is 15.6 Å². The van der Waals surface area contributed by atoms with Crippen LogP contribution in [0.5, 0.6) is 0 Å². The standard InChI is InChI=1S/C11H7ClN2O2.C6H13N/c12-8-3-1-2-7(4-8)9-5-10(11(15)16)14-6-13-9;7-6-4-2-1-3-5-6/h1-6H,(H,15,16);6H,1-5,7H2. The van der Waals surface area contributed by atoms with Gasteiger partial charge in [0.15, 0.2) is 0 Å². The molecule has 1 fully saturated rings. The number of nitrogens with zero attached hydrogens (tertiary/aromatic N) is 2. The largest absolute Gasteiger partial charge is 0.543 e. The summed E-state index contributed by atoms with van der Waals surface area (Å²) >= 11 is 5.83. The predicted octanol–water partition coefficient (Wildman–Crippen LogP) is 1.72. The van der Waals surface area contributed by atoms with Crippen molar-refractivity contribution in [2.24, 2.45) is 0 Å². The van der Waals surface area contributed by atoms with E-state index in [-0.39, 0.29) is 5.69 Å². The number of carboxylic acid groups (broad SMARTS) is 1. The topological polar surface area (TPSA) is 93.5 Å². The molecule has 0 spiro atoms. The van der Waals surface area contributed by atoms with Crippen molar-refractivity contribution in [3.8, 4) is 11.3 Å². The molecule has 1 aliphatic rings. The third-order valence-electron chi connectivity index (χ3n) is 3.72. The second-order valence-corrected chi connectivity index (χ2v) is 6.03. The van der Waals surface area contributed by atoms with Crippen LogP contribution in [0.3, 0.4) is 0 Å². The molecular weight excluding hydrogens is 314 g/mol. The van der Waals surface area contributed by atoms with Crippen LogP contribution in [0.2, 0.25) is 5.02 Å². The Morgan fingerprint density at radius 3 is 2.48 bits per heavy atom. The van der Waals surface area contributed by atoms with Crippen LogP contribution in [0.1, 0.15) is 42.6 Å². The fourth-order valence-electron chi connectivity index (χ4n) is 2.46. The van der Waals surface area contributed by atoms with Gasteiger partial charge in [-0.05, 0) is 43.9 Å². The molecule has 2 aromatic rings. The lowest BCUT2D eigenvalue weighted by atomic mass is 9.97. The van der Waals surface area contributed by atoms with Crippen LogP contribution in [0.25, 0.3) is 11.3 Å². The smallest absolute Gasteiger partial charge is 0.116 e. The third kappa shape index (κ3) is 5.62. The highest BCUT2D eigenvalue weighted by molar-refractivity contribution is 6.30. The molecule has 0 radical (unpaired) electrons. The summed E-state index contributed by atoms with van der Waals surface area (Å²) < 4.78 is 0. The number of aromatic nitrogens is 2. The van der Waals surface area contributed by atoms with Crippen molar-refractivity contribution in [1.29, 1.82) is 0 Å². The maximum Gasteiger partial charge on any atom is 0.116 e. The third-order valence-corrected chi connectivity index (χ3v) is 3.96. The van der Waals surface area contributed by atoms with Gasteiger partial charge in [-0.25, -0.2) is 9.97 Å². The summed E-state index contributed by atoms with van der Waals surface area (Å²) in [6.07, 6.45) is 8.23. The van der Waals surface area contributed by atoms with E-state index in [9.17, 15) is 9.90 Å². The average molecular weight is 334 g/mol. The first kappa shape index (κ1) is 17.4. The Bertz CT molecular complexity index is 658. The van der Waals surface area contributed by atoms with Crippen molar-refractivity contribution in [2.45, 2.75) is 38.1 Å². The lowest BCUT2D eigenvalue weighted by Crippen LogP contribution is -2.61. The number of rotatable bonds is 2. The highest BCUT2D eigenvalue weighted by Gasteiger charge is 2.09. The van der Waals surface area contributed by atoms with Gasteiger partial charge >= 0.3 is 0 Å². The van der Waals surface area contributed by atoms with E-state index in [1.807, 2.05) is 0 Å². The van der Waals surface area contributed by atoms with Crippen molar-refractivity contribution in [3.05, 3.63) is 47.4 Å². The molecule has 23 heavy (non-hydrogen) atoms. The zero-order valence-electron chi connectivity index (χ0n) is 12.9. The van der Waals surface area contributed by atoms with E-state index in [1.54, 1.807) is 24.3 Å². The van der Waals surface area contributed by atoms with Crippen molar-refractivity contribution in [2.75, 3.05) is 0 Å². The summed E-state index contributed by atoms with van der Waals surface area (Å²) in [6, 6.07) is 9.11. The Morgan fingerprint density at radius 2 is 1.91 bits per heavy atom. The molecule has 0 amide bonds. The molecule has 0 bridgehead atoms.